The van der Waals surface area contributed by atoms with Crippen LogP contribution in [0, 0.1) is 5.82 Å². The molecular weight excluding hydrogens is 445 g/mol. The van der Waals surface area contributed by atoms with E-state index in [4.69, 9.17) is 10.5 Å². The van der Waals surface area contributed by atoms with Crippen LogP contribution in [-0.4, -0.2) is 46.0 Å². The van der Waals surface area contributed by atoms with Crippen LogP contribution in [0.15, 0.2) is 53.7 Å². The highest BCUT2D eigenvalue weighted by Crippen LogP contribution is 2.41. The van der Waals surface area contributed by atoms with E-state index < -0.39 is 5.91 Å². The summed E-state index contributed by atoms with van der Waals surface area (Å²) in [5.74, 6) is 0.144. The Kier molecular flexibility index (Phi) is 6.93. The Morgan fingerprint density at radius 2 is 1.91 bits per heavy atom. The molecule has 10 heteroatoms. The van der Waals surface area contributed by atoms with E-state index in [-0.39, 0.29) is 36.5 Å². The van der Waals surface area contributed by atoms with Crippen molar-refractivity contribution in [2.45, 2.75) is 30.5 Å². The van der Waals surface area contributed by atoms with Gasteiger partial charge in [-0.2, -0.15) is 0 Å². The quantitative estimate of drug-likeness (QED) is 0.457. The zero-order valence-corrected chi connectivity index (χ0v) is 18.9. The molecule has 1 aliphatic carbocycles. The highest BCUT2D eigenvalue weighted by Gasteiger charge is 2.31. The average Bonchev–Trinajstić information content (AvgIpc) is 3.57. The van der Waals surface area contributed by atoms with Crippen molar-refractivity contribution in [1.82, 2.24) is 14.8 Å². The normalized spacial score (nSPS) is 13.0. The van der Waals surface area contributed by atoms with Crippen molar-refractivity contribution in [2.75, 3.05) is 24.3 Å². The number of methoxy groups -OCH3 is 1. The van der Waals surface area contributed by atoms with Crippen LogP contribution >= 0.6 is 11.8 Å². The third kappa shape index (κ3) is 5.33. The third-order valence-electron chi connectivity index (χ3n) is 5.28. The van der Waals surface area contributed by atoms with Crippen molar-refractivity contribution in [3.63, 3.8) is 0 Å². The average molecular weight is 470 g/mol. The van der Waals surface area contributed by atoms with Crippen LogP contribution in [0.25, 0.3) is 11.4 Å². The number of nitrogens with two attached hydrogens (primary N) is 1. The van der Waals surface area contributed by atoms with E-state index in [2.05, 4.69) is 10.2 Å². The number of halogens is 1. The molecule has 0 atom stereocenters. The lowest BCUT2D eigenvalue weighted by atomic mass is 10.2. The first-order valence-electron chi connectivity index (χ1n) is 10.5. The lowest BCUT2D eigenvalue weighted by Crippen LogP contribution is -2.35. The fraction of sp³-hybridized carbons (Fsp3) is 0.304. The molecule has 0 unspecified atom stereocenters. The fourth-order valence-electron chi connectivity index (χ4n) is 3.45. The van der Waals surface area contributed by atoms with E-state index in [9.17, 15) is 14.0 Å². The summed E-state index contributed by atoms with van der Waals surface area (Å²) in [7, 11) is 1.56. The van der Waals surface area contributed by atoms with E-state index in [0.717, 1.165) is 12.8 Å². The summed E-state index contributed by atoms with van der Waals surface area (Å²) in [4.78, 5) is 26.0. The summed E-state index contributed by atoms with van der Waals surface area (Å²) in [6, 6.07) is 13.7. The van der Waals surface area contributed by atoms with Crippen LogP contribution in [0.2, 0.25) is 0 Å². The van der Waals surface area contributed by atoms with Gasteiger partial charge in [-0.05, 0) is 49.2 Å². The van der Waals surface area contributed by atoms with Crippen molar-refractivity contribution >= 4 is 29.3 Å². The Morgan fingerprint density at radius 3 is 2.55 bits per heavy atom. The van der Waals surface area contributed by atoms with Gasteiger partial charge in [0.1, 0.15) is 11.6 Å². The smallest absolute Gasteiger partial charge is 0.237 e. The molecule has 2 aromatic carbocycles. The van der Waals surface area contributed by atoms with Crippen molar-refractivity contribution in [2.24, 2.45) is 5.73 Å². The maximum Gasteiger partial charge on any atom is 0.237 e. The molecule has 4 rings (SSSR count). The van der Waals surface area contributed by atoms with Crippen molar-refractivity contribution in [3.8, 4) is 17.1 Å². The number of benzene rings is 2. The Hall–Kier alpha value is -3.40. The van der Waals surface area contributed by atoms with Crippen LogP contribution < -0.4 is 15.4 Å². The number of nitrogens with zero attached hydrogens (tertiary/aromatic N) is 4. The van der Waals surface area contributed by atoms with Gasteiger partial charge in [0.05, 0.1) is 18.4 Å². The molecule has 172 valence electrons. The van der Waals surface area contributed by atoms with Crippen LogP contribution in [0.4, 0.5) is 10.1 Å². The second-order valence-corrected chi connectivity index (χ2v) is 8.58. The van der Waals surface area contributed by atoms with Gasteiger partial charge < -0.3 is 15.4 Å². The minimum Gasteiger partial charge on any atom is -0.497 e. The molecule has 8 nitrogen and oxygen atoms in total. The van der Waals surface area contributed by atoms with Gasteiger partial charge in [0.2, 0.25) is 11.8 Å². The summed E-state index contributed by atoms with van der Waals surface area (Å²) < 4.78 is 21.5. The van der Waals surface area contributed by atoms with E-state index in [1.165, 1.54) is 22.7 Å². The lowest BCUT2D eigenvalue weighted by Gasteiger charge is -2.22. The van der Waals surface area contributed by atoms with E-state index in [0.29, 0.717) is 28.0 Å². The van der Waals surface area contributed by atoms with Gasteiger partial charge in [-0.25, -0.2) is 4.39 Å². The number of carbonyl (C=O) groups is 2. The largest absolute Gasteiger partial charge is 0.497 e. The number of thioether (sulfide) groups is 1. The Bertz CT molecular complexity index is 1150. The van der Waals surface area contributed by atoms with Crippen molar-refractivity contribution in [3.05, 3.63) is 54.3 Å². The minimum atomic E-state index is -0.489. The first-order chi connectivity index (χ1) is 16.0. The molecule has 33 heavy (non-hydrogen) atoms. The summed E-state index contributed by atoms with van der Waals surface area (Å²) in [6.45, 7) is 0.164. The number of aromatic nitrogens is 3. The van der Waals surface area contributed by atoms with Gasteiger partial charge in [0.15, 0.2) is 11.0 Å². The predicted molar refractivity (Wildman–Crippen MR) is 124 cm³/mol. The van der Waals surface area contributed by atoms with Crippen LogP contribution in [0.3, 0.4) is 0 Å². The molecule has 1 aliphatic rings. The van der Waals surface area contributed by atoms with Gasteiger partial charge >= 0.3 is 0 Å². The standard InChI is InChI=1S/C23H24FN5O3S/c1-32-17-10-8-15(9-11-17)28(13-12-20(25)30)21(31)14-33-23-27-26-22(29(23)16-6-7-16)18-4-2-3-5-19(18)24/h2-5,8-11,16H,6-7,12-14H2,1H3,(H2,25,30). The minimum absolute atomic E-state index is 0.0398. The highest BCUT2D eigenvalue weighted by molar-refractivity contribution is 7.99. The Labute approximate surface area is 194 Å². The number of amides is 2. The maximum atomic E-state index is 14.4. The second kappa shape index (κ2) is 10.0. The number of carbonyl (C=O) groups excluding carboxylic acids is 2. The number of primary amides is 1. The maximum absolute atomic E-state index is 14.4. The monoisotopic (exact) mass is 469 g/mol. The van der Waals surface area contributed by atoms with Crippen molar-refractivity contribution < 1.29 is 18.7 Å². The first kappa shape index (κ1) is 22.8. The van der Waals surface area contributed by atoms with Crippen molar-refractivity contribution in [1.29, 1.82) is 0 Å². The number of hydrogen-bond acceptors (Lipinski definition) is 6. The topological polar surface area (TPSA) is 103 Å². The van der Waals surface area contributed by atoms with Crippen LogP contribution in [0.1, 0.15) is 25.3 Å². The molecule has 2 N–H and O–H groups in total. The highest BCUT2D eigenvalue weighted by atomic mass is 32.2. The van der Waals surface area contributed by atoms with Gasteiger partial charge in [-0.3, -0.25) is 14.2 Å². The molecule has 3 aromatic rings. The third-order valence-corrected chi connectivity index (χ3v) is 6.21. The Balaban J connectivity index is 1.53. The fourth-order valence-corrected chi connectivity index (χ4v) is 4.33. The van der Waals surface area contributed by atoms with E-state index >= 15 is 0 Å². The summed E-state index contributed by atoms with van der Waals surface area (Å²) in [6.07, 6.45) is 1.95. The Morgan fingerprint density at radius 1 is 1.18 bits per heavy atom. The first-order valence-corrected chi connectivity index (χ1v) is 11.5. The van der Waals surface area contributed by atoms with Crippen LogP contribution in [-0.2, 0) is 9.59 Å². The molecule has 0 spiro atoms. The molecule has 0 radical (unpaired) electrons. The number of hydrogen-bond donors (Lipinski definition) is 1. The molecule has 2 amide bonds. The molecule has 0 saturated heterocycles. The summed E-state index contributed by atoms with van der Waals surface area (Å²) in [5.41, 5.74) is 6.33. The molecule has 0 aliphatic heterocycles. The second-order valence-electron chi connectivity index (χ2n) is 7.64. The number of rotatable bonds is 10. The van der Waals surface area contributed by atoms with Gasteiger partial charge in [-0.1, -0.05) is 23.9 Å². The van der Waals surface area contributed by atoms with E-state index in [1.807, 2.05) is 4.57 Å². The predicted octanol–water partition coefficient (Wildman–Crippen LogP) is 3.43. The zero-order valence-electron chi connectivity index (χ0n) is 18.1. The molecule has 0 bridgehead atoms. The van der Waals surface area contributed by atoms with Gasteiger partial charge in [0, 0.05) is 24.7 Å². The molecule has 1 aromatic heterocycles. The summed E-state index contributed by atoms with van der Waals surface area (Å²) >= 11 is 1.24. The van der Waals surface area contributed by atoms with E-state index in [1.54, 1.807) is 49.6 Å². The van der Waals surface area contributed by atoms with Gasteiger partial charge in [0.25, 0.3) is 0 Å². The molecule has 1 heterocycles. The lowest BCUT2D eigenvalue weighted by molar-refractivity contribution is -0.118. The van der Waals surface area contributed by atoms with Gasteiger partial charge in [-0.15, -0.1) is 10.2 Å². The summed E-state index contributed by atoms with van der Waals surface area (Å²) in [5, 5.41) is 9.03. The molecular formula is C23H24FN5O3S. The molecule has 1 saturated carbocycles. The number of anilines is 1. The zero-order chi connectivity index (χ0) is 23.4. The molecule has 1 fully saturated rings. The SMILES string of the molecule is COc1ccc(N(CCC(N)=O)C(=O)CSc2nnc(-c3ccccc3F)n2C2CC2)cc1. The van der Waals surface area contributed by atoms with Crippen LogP contribution in [0.5, 0.6) is 5.75 Å². The number of ether oxygens (including phenoxy) is 1.